The summed E-state index contributed by atoms with van der Waals surface area (Å²) in [6.45, 7) is 1.18. The molecule has 0 saturated carbocycles. The van der Waals surface area contributed by atoms with Crippen LogP contribution in [0.15, 0.2) is 48.9 Å². The number of rotatable bonds is 6. The maximum atomic E-state index is 14.0. The van der Waals surface area contributed by atoms with Gasteiger partial charge in [0.2, 0.25) is 0 Å². The lowest BCUT2D eigenvalue weighted by molar-refractivity contribution is -0.274. The number of hydrogen-bond acceptors (Lipinski definition) is 6. The van der Waals surface area contributed by atoms with Crippen LogP contribution in [0, 0.1) is 0 Å². The summed E-state index contributed by atoms with van der Waals surface area (Å²) in [6, 6.07) is 5.60. The third-order valence-electron chi connectivity index (χ3n) is 4.75. The molecule has 0 aliphatic carbocycles. The van der Waals surface area contributed by atoms with Crippen LogP contribution in [0.5, 0.6) is 11.8 Å². The van der Waals surface area contributed by atoms with Gasteiger partial charge in [-0.2, -0.15) is 13.2 Å². The van der Waals surface area contributed by atoms with Crippen LogP contribution in [0.3, 0.4) is 0 Å². The zero-order valence-electron chi connectivity index (χ0n) is 16.1. The Hall–Kier alpha value is -2.95. The maximum absolute atomic E-state index is 14.0. The van der Waals surface area contributed by atoms with Crippen molar-refractivity contribution < 1.29 is 32.9 Å². The zero-order valence-corrected chi connectivity index (χ0v) is 17.7. The number of ether oxygens (including phenoxy) is 1. The second-order valence-electron chi connectivity index (χ2n) is 6.70. The van der Waals surface area contributed by atoms with Crippen LogP contribution in [-0.4, -0.2) is 37.3 Å². The van der Waals surface area contributed by atoms with Crippen molar-refractivity contribution in [2.75, 3.05) is 0 Å². The molecule has 32 heavy (non-hydrogen) atoms. The van der Waals surface area contributed by atoms with E-state index in [1.807, 2.05) is 0 Å². The van der Waals surface area contributed by atoms with Crippen LogP contribution in [0.1, 0.15) is 34.3 Å². The van der Waals surface area contributed by atoms with Gasteiger partial charge in [0.15, 0.2) is 5.60 Å². The summed E-state index contributed by atoms with van der Waals surface area (Å²) in [6.07, 6.45) is -1.93. The van der Waals surface area contributed by atoms with Gasteiger partial charge < -0.3 is 14.9 Å². The molecule has 168 valence electrons. The molecular weight excluding hydrogens is 474 g/mol. The van der Waals surface area contributed by atoms with Crippen molar-refractivity contribution in [3.63, 3.8) is 0 Å². The van der Waals surface area contributed by atoms with Crippen molar-refractivity contribution >= 4 is 29.2 Å². The Morgan fingerprint density at radius 3 is 2.28 bits per heavy atom. The van der Waals surface area contributed by atoms with Crippen LogP contribution < -0.4 is 4.74 Å². The number of nitrogens with zero attached hydrogens (tertiary/aromatic N) is 3. The first-order valence-corrected chi connectivity index (χ1v) is 9.63. The molecule has 0 fully saturated rings. The first kappa shape index (κ1) is 23.7. The number of hydrogen-bond donors (Lipinski definition) is 2. The molecule has 2 heterocycles. The van der Waals surface area contributed by atoms with Crippen LogP contribution >= 0.6 is 23.2 Å². The second-order valence-corrected chi connectivity index (χ2v) is 7.49. The number of aromatic carboxylic acids is 1. The highest BCUT2D eigenvalue weighted by Crippen LogP contribution is 2.50. The lowest BCUT2D eigenvalue weighted by Gasteiger charge is -2.37. The SMILES string of the molecule is CC(c1ccc(Oc2ncc(C(=O)O)cn2)cc1Cl)C(O)(c1ccnc(Cl)c1)C(F)(F)F. The summed E-state index contributed by atoms with van der Waals surface area (Å²) in [4.78, 5) is 22.0. The molecule has 2 N–H and O–H groups in total. The fourth-order valence-electron chi connectivity index (χ4n) is 3.03. The van der Waals surface area contributed by atoms with Gasteiger partial charge in [-0.05, 0) is 35.4 Å². The highest BCUT2D eigenvalue weighted by molar-refractivity contribution is 6.31. The van der Waals surface area contributed by atoms with Crippen molar-refractivity contribution in [2.24, 2.45) is 0 Å². The molecule has 2 aromatic heterocycles. The Morgan fingerprint density at radius 2 is 1.75 bits per heavy atom. The van der Waals surface area contributed by atoms with Crippen molar-refractivity contribution in [3.05, 3.63) is 75.8 Å². The minimum absolute atomic E-state index is 0.00563. The normalized spacial score (nSPS) is 14.5. The van der Waals surface area contributed by atoms with E-state index in [2.05, 4.69) is 15.0 Å². The molecule has 7 nitrogen and oxygen atoms in total. The number of aromatic nitrogens is 3. The number of carboxylic acid groups (broad SMARTS) is 1. The fourth-order valence-corrected chi connectivity index (χ4v) is 3.54. The van der Waals surface area contributed by atoms with E-state index in [1.165, 1.54) is 25.1 Å². The lowest BCUT2D eigenvalue weighted by atomic mass is 9.78. The number of alkyl halides is 3. The monoisotopic (exact) mass is 487 g/mol. The van der Waals surface area contributed by atoms with Gasteiger partial charge in [0.1, 0.15) is 10.9 Å². The lowest BCUT2D eigenvalue weighted by Crippen LogP contribution is -2.46. The molecule has 2 atom stereocenters. The number of carboxylic acids is 1. The topological polar surface area (TPSA) is 105 Å². The van der Waals surface area contributed by atoms with Gasteiger partial charge in [0.05, 0.1) is 5.56 Å². The Labute approximate surface area is 189 Å². The van der Waals surface area contributed by atoms with E-state index in [4.69, 9.17) is 33.0 Å². The van der Waals surface area contributed by atoms with E-state index < -0.39 is 29.2 Å². The minimum atomic E-state index is -5.06. The largest absolute Gasteiger partial charge is 0.478 e. The predicted octanol–water partition coefficient (Wildman–Crippen LogP) is 5.22. The van der Waals surface area contributed by atoms with E-state index >= 15 is 0 Å². The zero-order chi connectivity index (χ0) is 23.7. The standard InChI is InChI=1S/C20H14Cl2F3N3O4/c1-10(19(31,20(23,24)25)12-4-5-26-16(22)6-12)14-3-2-13(7-15(14)21)32-18-27-8-11(9-28-18)17(29)30/h2-10,31H,1H3,(H,29,30). The van der Waals surface area contributed by atoms with Gasteiger partial charge in [0.25, 0.3) is 0 Å². The molecule has 0 radical (unpaired) electrons. The molecule has 0 amide bonds. The number of benzene rings is 1. The minimum Gasteiger partial charge on any atom is -0.478 e. The average Bonchev–Trinajstić information content (AvgIpc) is 2.72. The smallest absolute Gasteiger partial charge is 0.422 e. The Bertz CT molecular complexity index is 1150. The van der Waals surface area contributed by atoms with Gasteiger partial charge in [-0.1, -0.05) is 36.2 Å². The van der Waals surface area contributed by atoms with E-state index in [-0.39, 0.29) is 33.1 Å². The molecule has 3 aromatic rings. The summed E-state index contributed by atoms with van der Waals surface area (Å²) in [5.74, 6) is -2.66. The molecule has 2 unspecified atom stereocenters. The van der Waals surface area contributed by atoms with E-state index in [1.54, 1.807) is 0 Å². The number of carbonyl (C=O) groups is 1. The third-order valence-corrected chi connectivity index (χ3v) is 5.28. The summed E-state index contributed by atoms with van der Waals surface area (Å²) < 4.78 is 47.4. The molecule has 3 rings (SSSR count). The summed E-state index contributed by atoms with van der Waals surface area (Å²) in [7, 11) is 0. The van der Waals surface area contributed by atoms with E-state index in [9.17, 15) is 23.1 Å². The average molecular weight is 488 g/mol. The van der Waals surface area contributed by atoms with Gasteiger partial charge in [-0.25, -0.2) is 19.7 Å². The van der Waals surface area contributed by atoms with Crippen molar-refractivity contribution in [3.8, 4) is 11.8 Å². The second kappa shape index (κ2) is 8.89. The fraction of sp³-hybridized carbons (Fsp3) is 0.200. The van der Waals surface area contributed by atoms with Gasteiger partial charge >= 0.3 is 18.2 Å². The first-order valence-electron chi connectivity index (χ1n) is 8.87. The number of pyridine rings is 1. The summed E-state index contributed by atoms with van der Waals surface area (Å²) in [5, 5.41) is 19.3. The number of halogens is 5. The third kappa shape index (κ3) is 4.62. The highest BCUT2D eigenvalue weighted by Gasteiger charge is 2.59. The van der Waals surface area contributed by atoms with Gasteiger partial charge in [-0.3, -0.25) is 0 Å². The van der Waals surface area contributed by atoms with Crippen LogP contribution in [-0.2, 0) is 5.60 Å². The quantitative estimate of drug-likeness (QED) is 0.459. The van der Waals surface area contributed by atoms with Crippen molar-refractivity contribution in [1.29, 1.82) is 0 Å². The number of aliphatic hydroxyl groups is 1. The molecule has 0 aliphatic heterocycles. The van der Waals surface area contributed by atoms with Gasteiger partial charge in [0, 0.05) is 29.5 Å². The first-order chi connectivity index (χ1) is 14.9. The predicted molar refractivity (Wildman–Crippen MR) is 108 cm³/mol. The molecule has 0 spiro atoms. The van der Waals surface area contributed by atoms with Crippen LogP contribution in [0.4, 0.5) is 13.2 Å². The summed E-state index contributed by atoms with van der Waals surface area (Å²) in [5.41, 5.74) is -3.95. The summed E-state index contributed by atoms with van der Waals surface area (Å²) >= 11 is 11.9. The van der Waals surface area contributed by atoms with Gasteiger partial charge in [-0.15, -0.1) is 0 Å². The Balaban J connectivity index is 1.93. The molecule has 1 aromatic carbocycles. The molecule has 0 aliphatic rings. The van der Waals surface area contributed by atoms with Crippen molar-refractivity contribution in [2.45, 2.75) is 24.6 Å². The van der Waals surface area contributed by atoms with E-state index in [0.29, 0.717) is 0 Å². The Kier molecular flexibility index (Phi) is 6.59. The maximum Gasteiger partial charge on any atom is 0.422 e. The highest BCUT2D eigenvalue weighted by atomic mass is 35.5. The van der Waals surface area contributed by atoms with Crippen LogP contribution in [0.25, 0.3) is 0 Å². The molecule has 0 saturated heterocycles. The van der Waals surface area contributed by atoms with Crippen molar-refractivity contribution in [1.82, 2.24) is 15.0 Å². The van der Waals surface area contributed by atoms with Crippen LogP contribution in [0.2, 0.25) is 10.2 Å². The Morgan fingerprint density at radius 1 is 1.09 bits per heavy atom. The van der Waals surface area contributed by atoms with E-state index in [0.717, 1.165) is 30.7 Å². The molecule has 0 bridgehead atoms. The molecule has 12 heteroatoms. The molecular formula is C20H14Cl2F3N3O4.